The van der Waals surface area contributed by atoms with E-state index in [1.807, 2.05) is 35.2 Å². The molecule has 172 valence electrons. The standard InChI is InChI=1S/C24H28F3N3O2/c25-24(26,27)21-17-19(29-12-14-32-15-13-29)9-10-22(21)28-23(31)30-11-5-4-8-20(30)16-18-6-2-1-3-7-18/h1-3,6-7,9-10,17,20H,4-5,8,11-16H2,(H,28,31). The van der Waals surface area contributed by atoms with Crippen molar-refractivity contribution >= 4 is 17.4 Å². The van der Waals surface area contributed by atoms with Crippen LogP contribution in [0, 0.1) is 0 Å². The number of alkyl halides is 3. The molecule has 0 bridgehead atoms. The first-order valence-electron chi connectivity index (χ1n) is 11.1. The summed E-state index contributed by atoms with van der Waals surface area (Å²) >= 11 is 0. The van der Waals surface area contributed by atoms with E-state index in [9.17, 15) is 18.0 Å². The number of carbonyl (C=O) groups excluding carboxylic acids is 1. The molecule has 0 saturated carbocycles. The van der Waals surface area contributed by atoms with Gasteiger partial charge in [-0.15, -0.1) is 0 Å². The fraction of sp³-hybridized carbons (Fsp3) is 0.458. The van der Waals surface area contributed by atoms with Gasteiger partial charge in [0.15, 0.2) is 0 Å². The SMILES string of the molecule is O=C(Nc1ccc(N2CCOCC2)cc1C(F)(F)F)N1CCCCC1Cc1ccccc1. The Morgan fingerprint density at radius 3 is 2.50 bits per heavy atom. The van der Waals surface area contributed by atoms with Crippen molar-refractivity contribution in [3.63, 3.8) is 0 Å². The highest BCUT2D eigenvalue weighted by Gasteiger charge is 2.36. The van der Waals surface area contributed by atoms with Gasteiger partial charge in [-0.1, -0.05) is 30.3 Å². The van der Waals surface area contributed by atoms with Crippen molar-refractivity contribution in [2.75, 3.05) is 43.1 Å². The minimum absolute atomic E-state index is 0.0342. The van der Waals surface area contributed by atoms with E-state index in [0.29, 0.717) is 45.0 Å². The topological polar surface area (TPSA) is 44.8 Å². The molecule has 1 atom stereocenters. The lowest BCUT2D eigenvalue weighted by atomic mass is 9.96. The molecule has 2 fully saturated rings. The third-order valence-corrected chi connectivity index (χ3v) is 6.13. The fourth-order valence-corrected chi connectivity index (χ4v) is 4.45. The molecule has 2 amide bonds. The maximum Gasteiger partial charge on any atom is 0.418 e. The first-order valence-corrected chi connectivity index (χ1v) is 11.1. The molecule has 1 N–H and O–H groups in total. The number of hydrogen-bond donors (Lipinski definition) is 1. The van der Waals surface area contributed by atoms with Gasteiger partial charge >= 0.3 is 12.2 Å². The van der Waals surface area contributed by atoms with Gasteiger partial charge in [-0.2, -0.15) is 13.2 Å². The van der Waals surface area contributed by atoms with Gasteiger partial charge in [-0.05, 0) is 49.4 Å². The van der Waals surface area contributed by atoms with E-state index in [4.69, 9.17) is 4.74 Å². The summed E-state index contributed by atoms with van der Waals surface area (Å²) in [5.74, 6) is 0. The third-order valence-electron chi connectivity index (χ3n) is 6.13. The average Bonchev–Trinajstić information content (AvgIpc) is 2.80. The molecular formula is C24H28F3N3O2. The molecule has 5 nitrogen and oxygen atoms in total. The Labute approximate surface area is 186 Å². The van der Waals surface area contributed by atoms with E-state index in [1.54, 1.807) is 11.0 Å². The Balaban J connectivity index is 1.53. The predicted molar refractivity (Wildman–Crippen MR) is 118 cm³/mol. The summed E-state index contributed by atoms with van der Waals surface area (Å²) in [4.78, 5) is 16.6. The molecule has 32 heavy (non-hydrogen) atoms. The quantitative estimate of drug-likeness (QED) is 0.703. The zero-order valence-corrected chi connectivity index (χ0v) is 17.9. The number of benzene rings is 2. The lowest BCUT2D eigenvalue weighted by Crippen LogP contribution is -2.47. The minimum atomic E-state index is -4.57. The number of ether oxygens (including phenoxy) is 1. The van der Waals surface area contributed by atoms with Crippen molar-refractivity contribution in [3.8, 4) is 0 Å². The van der Waals surface area contributed by atoms with E-state index in [1.165, 1.54) is 6.07 Å². The summed E-state index contributed by atoms with van der Waals surface area (Å²) in [6, 6.07) is 13.5. The maximum absolute atomic E-state index is 13.8. The smallest absolute Gasteiger partial charge is 0.378 e. The van der Waals surface area contributed by atoms with Crippen LogP contribution >= 0.6 is 0 Å². The summed E-state index contributed by atoms with van der Waals surface area (Å²) in [7, 11) is 0. The Hall–Kier alpha value is -2.74. The third kappa shape index (κ3) is 5.35. The van der Waals surface area contributed by atoms with Crippen LogP contribution in [-0.2, 0) is 17.3 Å². The van der Waals surface area contributed by atoms with Crippen molar-refractivity contribution in [1.82, 2.24) is 4.90 Å². The van der Waals surface area contributed by atoms with Crippen LogP contribution in [0.15, 0.2) is 48.5 Å². The average molecular weight is 448 g/mol. The van der Waals surface area contributed by atoms with Crippen molar-refractivity contribution < 1.29 is 22.7 Å². The largest absolute Gasteiger partial charge is 0.418 e. The van der Waals surface area contributed by atoms with Crippen molar-refractivity contribution in [3.05, 3.63) is 59.7 Å². The molecule has 4 rings (SSSR count). The number of likely N-dealkylation sites (tertiary alicyclic amines) is 1. The summed E-state index contributed by atoms with van der Waals surface area (Å²) < 4.78 is 46.8. The Morgan fingerprint density at radius 1 is 1.03 bits per heavy atom. The number of morpholine rings is 1. The number of carbonyl (C=O) groups is 1. The number of piperidine rings is 1. The molecule has 2 saturated heterocycles. The van der Waals surface area contributed by atoms with Crippen LogP contribution in [0.4, 0.5) is 29.3 Å². The van der Waals surface area contributed by atoms with Gasteiger partial charge in [-0.25, -0.2) is 4.79 Å². The van der Waals surface area contributed by atoms with Gasteiger partial charge in [0, 0.05) is 31.4 Å². The summed E-state index contributed by atoms with van der Waals surface area (Å²) in [6.45, 7) is 2.58. The molecule has 2 aromatic rings. The Kier molecular flexibility index (Phi) is 6.89. The number of amides is 2. The van der Waals surface area contributed by atoms with Crippen LogP contribution in [0.3, 0.4) is 0 Å². The number of nitrogens with one attached hydrogen (secondary N) is 1. The number of urea groups is 1. The second-order valence-corrected chi connectivity index (χ2v) is 8.29. The molecule has 0 aromatic heterocycles. The lowest BCUT2D eigenvalue weighted by molar-refractivity contribution is -0.136. The Morgan fingerprint density at radius 2 is 1.78 bits per heavy atom. The fourth-order valence-electron chi connectivity index (χ4n) is 4.45. The monoisotopic (exact) mass is 447 g/mol. The van der Waals surface area contributed by atoms with Crippen LogP contribution in [0.1, 0.15) is 30.4 Å². The van der Waals surface area contributed by atoms with Gasteiger partial charge in [0.25, 0.3) is 0 Å². The first kappa shape index (κ1) is 22.5. The van der Waals surface area contributed by atoms with E-state index >= 15 is 0 Å². The van der Waals surface area contributed by atoms with E-state index in [-0.39, 0.29) is 11.7 Å². The highest BCUT2D eigenvalue weighted by Crippen LogP contribution is 2.38. The maximum atomic E-state index is 13.8. The molecule has 0 aliphatic carbocycles. The summed E-state index contributed by atoms with van der Waals surface area (Å²) in [5, 5.41) is 2.56. The van der Waals surface area contributed by atoms with E-state index in [2.05, 4.69) is 5.32 Å². The molecule has 2 aliphatic heterocycles. The number of halogens is 3. The van der Waals surface area contributed by atoms with Crippen LogP contribution in [0.25, 0.3) is 0 Å². The second kappa shape index (κ2) is 9.81. The minimum Gasteiger partial charge on any atom is -0.378 e. The van der Waals surface area contributed by atoms with Gasteiger partial charge in [0.1, 0.15) is 0 Å². The highest BCUT2D eigenvalue weighted by atomic mass is 19.4. The van der Waals surface area contributed by atoms with Crippen LogP contribution in [0.5, 0.6) is 0 Å². The molecule has 0 spiro atoms. The molecule has 2 aromatic carbocycles. The van der Waals surface area contributed by atoms with Crippen molar-refractivity contribution in [2.45, 2.75) is 37.9 Å². The second-order valence-electron chi connectivity index (χ2n) is 8.29. The first-order chi connectivity index (χ1) is 15.4. The van der Waals surface area contributed by atoms with Crippen LogP contribution in [0.2, 0.25) is 0 Å². The molecule has 1 unspecified atom stereocenters. The van der Waals surface area contributed by atoms with E-state index < -0.39 is 17.8 Å². The zero-order valence-electron chi connectivity index (χ0n) is 17.9. The van der Waals surface area contributed by atoms with Crippen molar-refractivity contribution in [2.24, 2.45) is 0 Å². The Bertz CT molecular complexity index is 914. The number of anilines is 2. The number of hydrogen-bond acceptors (Lipinski definition) is 3. The highest BCUT2D eigenvalue weighted by molar-refractivity contribution is 5.91. The van der Waals surface area contributed by atoms with Gasteiger partial charge in [0.2, 0.25) is 0 Å². The summed E-state index contributed by atoms with van der Waals surface area (Å²) in [6.07, 6.45) is -1.19. The van der Waals surface area contributed by atoms with E-state index in [0.717, 1.165) is 30.9 Å². The molecule has 2 heterocycles. The van der Waals surface area contributed by atoms with Crippen LogP contribution < -0.4 is 10.2 Å². The predicted octanol–water partition coefficient (Wildman–Crippen LogP) is 5.17. The van der Waals surface area contributed by atoms with Crippen LogP contribution in [-0.4, -0.2) is 49.8 Å². The lowest BCUT2D eigenvalue weighted by Gasteiger charge is -2.36. The number of nitrogens with zero attached hydrogens (tertiary/aromatic N) is 2. The van der Waals surface area contributed by atoms with Gasteiger partial charge in [0.05, 0.1) is 24.5 Å². The molecule has 0 radical (unpaired) electrons. The molecular weight excluding hydrogens is 419 g/mol. The molecule has 2 aliphatic rings. The normalized spacial score (nSPS) is 19.7. The van der Waals surface area contributed by atoms with Gasteiger partial charge < -0.3 is 19.9 Å². The summed E-state index contributed by atoms with van der Waals surface area (Å²) in [5.41, 5.74) is 0.566. The number of rotatable bonds is 4. The zero-order chi connectivity index (χ0) is 22.6. The molecule has 8 heteroatoms. The van der Waals surface area contributed by atoms with Crippen molar-refractivity contribution in [1.29, 1.82) is 0 Å². The van der Waals surface area contributed by atoms with Gasteiger partial charge in [-0.3, -0.25) is 0 Å².